The minimum Gasteiger partial charge on any atom is -0.264 e. The van der Waals surface area contributed by atoms with Gasteiger partial charge in [-0.2, -0.15) is 4.31 Å². The van der Waals surface area contributed by atoms with Crippen molar-refractivity contribution in [2.24, 2.45) is 0 Å². The fourth-order valence-corrected chi connectivity index (χ4v) is 5.04. The molecule has 20 heavy (non-hydrogen) atoms. The number of hydrogen-bond donors (Lipinski definition) is 0. The van der Waals surface area contributed by atoms with Crippen LogP contribution in [0.1, 0.15) is 12.8 Å². The molecule has 1 saturated heterocycles. The van der Waals surface area contributed by atoms with Gasteiger partial charge in [-0.15, -0.1) is 11.6 Å². The van der Waals surface area contributed by atoms with E-state index in [1.807, 2.05) is 6.07 Å². The van der Waals surface area contributed by atoms with E-state index in [2.05, 4.69) is 4.98 Å². The van der Waals surface area contributed by atoms with Crippen LogP contribution in [0.2, 0.25) is 0 Å². The van der Waals surface area contributed by atoms with Crippen molar-refractivity contribution in [1.29, 1.82) is 0 Å². The molecule has 1 aliphatic rings. The normalized spacial score (nSPS) is 20.6. The molecule has 0 N–H and O–H groups in total. The Labute approximate surface area is 123 Å². The number of alkyl halides is 1. The number of hydrogen-bond acceptors (Lipinski definition) is 3. The Morgan fingerprint density at radius 2 is 2.20 bits per heavy atom. The third-order valence-electron chi connectivity index (χ3n) is 3.73. The minimum atomic E-state index is -3.51. The molecule has 2 heterocycles. The van der Waals surface area contributed by atoms with Crippen LogP contribution in [0, 0.1) is 0 Å². The maximum atomic E-state index is 12.9. The van der Waals surface area contributed by atoms with E-state index in [9.17, 15) is 8.42 Å². The summed E-state index contributed by atoms with van der Waals surface area (Å²) in [6, 6.07) is 6.92. The van der Waals surface area contributed by atoms with Crippen molar-refractivity contribution in [2.75, 3.05) is 12.4 Å². The van der Waals surface area contributed by atoms with Gasteiger partial charge in [0.25, 0.3) is 0 Å². The highest BCUT2D eigenvalue weighted by Crippen LogP contribution is 2.30. The highest BCUT2D eigenvalue weighted by atomic mass is 35.5. The summed E-state index contributed by atoms with van der Waals surface area (Å²) in [4.78, 5) is 4.38. The molecule has 0 bridgehead atoms. The quantitative estimate of drug-likeness (QED) is 0.819. The fourth-order valence-electron chi connectivity index (χ4n) is 2.72. The maximum Gasteiger partial charge on any atom is 0.243 e. The molecule has 0 unspecified atom stereocenters. The zero-order valence-electron chi connectivity index (χ0n) is 10.9. The molecule has 6 heteroatoms. The summed E-state index contributed by atoms with van der Waals surface area (Å²) < 4.78 is 27.3. The zero-order chi connectivity index (χ0) is 14.2. The second-order valence-corrected chi connectivity index (χ2v) is 7.09. The summed E-state index contributed by atoms with van der Waals surface area (Å²) in [5.74, 6) is 0.339. The molecule has 1 atom stereocenters. The summed E-state index contributed by atoms with van der Waals surface area (Å²) in [5.41, 5.74) is 0. The summed E-state index contributed by atoms with van der Waals surface area (Å²) in [5, 5.41) is 1.54. The van der Waals surface area contributed by atoms with Crippen molar-refractivity contribution >= 4 is 32.4 Å². The van der Waals surface area contributed by atoms with Crippen molar-refractivity contribution < 1.29 is 8.42 Å². The van der Waals surface area contributed by atoms with E-state index in [-0.39, 0.29) is 6.04 Å². The average Bonchev–Trinajstić information content (AvgIpc) is 2.96. The van der Waals surface area contributed by atoms with Crippen molar-refractivity contribution in [1.82, 2.24) is 9.29 Å². The number of sulfonamides is 1. The maximum absolute atomic E-state index is 12.9. The number of rotatable bonds is 3. The highest BCUT2D eigenvalue weighted by molar-refractivity contribution is 7.89. The Morgan fingerprint density at radius 3 is 3.00 bits per heavy atom. The van der Waals surface area contributed by atoms with E-state index in [1.165, 1.54) is 4.31 Å². The van der Waals surface area contributed by atoms with Gasteiger partial charge in [0.2, 0.25) is 10.0 Å². The third kappa shape index (κ3) is 2.20. The molecule has 4 nitrogen and oxygen atoms in total. The van der Waals surface area contributed by atoms with Crippen LogP contribution in [0.5, 0.6) is 0 Å². The van der Waals surface area contributed by atoms with Gasteiger partial charge in [-0.3, -0.25) is 4.98 Å². The van der Waals surface area contributed by atoms with Gasteiger partial charge in [0.15, 0.2) is 0 Å². The van der Waals surface area contributed by atoms with E-state index in [0.29, 0.717) is 22.7 Å². The molecule has 0 spiro atoms. The monoisotopic (exact) mass is 310 g/mol. The Hall–Kier alpha value is -1.17. The first kappa shape index (κ1) is 13.8. The van der Waals surface area contributed by atoms with Gasteiger partial charge in [-0.05, 0) is 25.0 Å². The molecule has 0 amide bonds. The van der Waals surface area contributed by atoms with Crippen molar-refractivity contribution in [3.8, 4) is 0 Å². The van der Waals surface area contributed by atoms with Crippen LogP contribution in [0.3, 0.4) is 0 Å². The SMILES string of the molecule is O=S(=O)(c1cccc2cnccc12)N1CCC[C@H]1CCl. The van der Waals surface area contributed by atoms with Gasteiger partial charge < -0.3 is 0 Å². The van der Waals surface area contributed by atoms with Gasteiger partial charge in [-0.1, -0.05) is 12.1 Å². The third-order valence-corrected chi connectivity index (χ3v) is 6.09. The van der Waals surface area contributed by atoms with Gasteiger partial charge in [0.1, 0.15) is 0 Å². The number of nitrogens with zero attached hydrogens (tertiary/aromatic N) is 2. The van der Waals surface area contributed by atoms with Crippen LogP contribution in [0.25, 0.3) is 10.8 Å². The smallest absolute Gasteiger partial charge is 0.243 e. The van der Waals surface area contributed by atoms with Gasteiger partial charge in [0.05, 0.1) is 4.90 Å². The van der Waals surface area contributed by atoms with Crippen LogP contribution in [0.4, 0.5) is 0 Å². The van der Waals surface area contributed by atoms with E-state index >= 15 is 0 Å². The Balaban J connectivity index is 2.14. The molecule has 2 aromatic rings. The number of halogens is 1. The molecule has 3 rings (SSSR count). The Bertz CT molecular complexity index is 728. The van der Waals surface area contributed by atoms with Gasteiger partial charge >= 0.3 is 0 Å². The number of benzene rings is 1. The molecule has 1 aliphatic heterocycles. The van der Waals surface area contributed by atoms with Gasteiger partial charge in [-0.25, -0.2) is 8.42 Å². The average molecular weight is 311 g/mol. The Kier molecular flexibility index (Phi) is 3.67. The molecule has 1 aromatic heterocycles. The standard InChI is InChI=1S/C14H15ClN2O2S/c15-9-12-4-2-8-17(12)20(18,19)14-5-1-3-11-10-16-7-6-13(11)14/h1,3,5-7,10,12H,2,4,8-9H2/t12-/m0/s1. The lowest BCUT2D eigenvalue weighted by Gasteiger charge is -2.23. The predicted octanol–water partition coefficient (Wildman–Crippen LogP) is 2.63. The first-order valence-electron chi connectivity index (χ1n) is 6.55. The molecular formula is C14H15ClN2O2S. The molecule has 1 fully saturated rings. The van der Waals surface area contributed by atoms with E-state index < -0.39 is 10.0 Å². The largest absolute Gasteiger partial charge is 0.264 e. The van der Waals surface area contributed by atoms with E-state index in [4.69, 9.17) is 11.6 Å². The summed E-state index contributed by atoms with van der Waals surface area (Å²) >= 11 is 5.90. The number of fused-ring (bicyclic) bond motifs is 1. The molecule has 106 valence electrons. The lowest BCUT2D eigenvalue weighted by Crippen LogP contribution is -2.36. The van der Waals surface area contributed by atoms with Crippen molar-refractivity contribution in [3.63, 3.8) is 0 Å². The number of pyridine rings is 1. The fraction of sp³-hybridized carbons (Fsp3) is 0.357. The minimum absolute atomic E-state index is 0.0984. The molecule has 1 aromatic carbocycles. The first-order chi connectivity index (χ1) is 9.64. The molecule has 0 aliphatic carbocycles. The molecule has 0 saturated carbocycles. The van der Waals surface area contributed by atoms with Crippen LogP contribution in [-0.2, 0) is 10.0 Å². The van der Waals surface area contributed by atoms with Crippen LogP contribution in [0.15, 0.2) is 41.6 Å². The van der Waals surface area contributed by atoms with E-state index in [0.717, 1.165) is 18.2 Å². The topological polar surface area (TPSA) is 50.3 Å². The lowest BCUT2D eigenvalue weighted by molar-refractivity contribution is 0.411. The summed E-state index contributed by atoms with van der Waals surface area (Å²) in [6.45, 7) is 0.543. The summed E-state index contributed by atoms with van der Waals surface area (Å²) in [7, 11) is -3.51. The summed E-state index contributed by atoms with van der Waals surface area (Å²) in [6.07, 6.45) is 4.99. The van der Waals surface area contributed by atoms with Gasteiger partial charge in [0, 0.05) is 41.6 Å². The zero-order valence-corrected chi connectivity index (χ0v) is 12.4. The molecule has 0 radical (unpaired) electrons. The highest BCUT2D eigenvalue weighted by Gasteiger charge is 2.35. The second-order valence-electron chi connectivity index (χ2n) is 4.92. The van der Waals surface area contributed by atoms with Crippen LogP contribution in [-0.4, -0.2) is 36.2 Å². The predicted molar refractivity (Wildman–Crippen MR) is 79.4 cm³/mol. The second kappa shape index (κ2) is 5.31. The van der Waals surface area contributed by atoms with Crippen molar-refractivity contribution in [3.05, 3.63) is 36.7 Å². The van der Waals surface area contributed by atoms with Crippen LogP contribution >= 0.6 is 11.6 Å². The lowest BCUT2D eigenvalue weighted by atomic mass is 10.2. The van der Waals surface area contributed by atoms with Crippen LogP contribution < -0.4 is 0 Å². The Morgan fingerprint density at radius 1 is 1.35 bits per heavy atom. The number of aromatic nitrogens is 1. The molecular weight excluding hydrogens is 296 g/mol. The first-order valence-corrected chi connectivity index (χ1v) is 8.52. The van der Waals surface area contributed by atoms with E-state index in [1.54, 1.807) is 30.6 Å². The van der Waals surface area contributed by atoms with Crippen molar-refractivity contribution in [2.45, 2.75) is 23.8 Å².